The molecule has 0 bridgehead atoms. The van der Waals surface area contributed by atoms with Crippen molar-refractivity contribution in [3.63, 3.8) is 0 Å². The van der Waals surface area contributed by atoms with Gasteiger partial charge in [0, 0.05) is 24.4 Å². The van der Waals surface area contributed by atoms with Gasteiger partial charge in [-0.15, -0.1) is 11.3 Å². The zero-order chi connectivity index (χ0) is 29.4. The van der Waals surface area contributed by atoms with E-state index >= 15 is 0 Å². The Kier molecular flexibility index (Phi) is 9.11. The molecule has 0 saturated carbocycles. The second-order valence-electron chi connectivity index (χ2n) is 10.9. The zero-order valence-corrected chi connectivity index (χ0v) is 25.1. The summed E-state index contributed by atoms with van der Waals surface area (Å²) in [5, 5.41) is 5.77. The highest BCUT2D eigenvalue weighted by atomic mass is 32.1. The number of fused-ring (bicyclic) bond motifs is 1. The van der Waals surface area contributed by atoms with Crippen LogP contribution in [0, 0.1) is 6.92 Å². The summed E-state index contributed by atoms with van der Waals surface area (Å²) in [6.07, 6.45) is 0.966. The van der Waals surface area contributed by atoms with Gasteiger partial charge in [0.1, 0.15) is 10.7 Å². The monoisotopic (exact) mass is 589 g/mol. The minimum Gasteiger partial charge on any atom is -0.454 e. The Bertz CT molecular complexity index is 1600. The van der Waals surface area contributed by atoms with Gasteiger partial charge in [-0.3, -0.25) is 9.69 Å². The summed E-state index contributed by atoms with van der Waals surface area (Å²) in [5.74, 6) is 1.54. The maximum absolute atomic E-state index is 13.0. The van der Waals surface area contributed by atoms with Crippen molar-refractivity contribution in [3.8, 4) is 11.5 Å². The van der Waals surface area contributed by atoms with E-state index in [-0.39, 0.29) is 18.6 Å². The second kappa shape index (κ2) is 13.7. The molecule has 0 spiro atoms. The van der Waals surface area contributed by atoms with Gasteiger partial charge < -0.3 is 14.8 Å². The van der Waals surface area contributed by atoms with Crippen LogP contribution >= 0.6 is 11.3 Å². The van der Waals surface area contributed by atoms with E-state index in [0.717, 1.165) is 35.8 Å². The fraction of sp³-hybridized carbons (Fsp3) is 0.222. The topological polar surface area (TPSA) is 63.7 Å². The van der Waals surface area contributed by atoms with Crippen LogP contribution in [0.1, 0.15) is 55.7 Å². The van der Waals surface area contributed by atoms with Crippen LogP contribution in [0.2, 0.25) is 0 Å². The number of amides is 1. The molecular formula is C36H35N3O3S. The first-order valence-electron chi connectivity index (χ1n) is 14.6. The molecule has 1 aromatic heterocycles. The van der Waals surface area contributed by atoms with Gasteiger partial charge in [0.2, 0.25) is 6.79 Å². The molecular weight excluding hydrogens is 554 g/mol. The first-order chi connectivity index (χ1) is 21.1. The van der Waals surface area contributed by atoms with Gasteiger partial charge >= 0.3 is 0 Å². The second-order valence-corrected chi connectivity index (χ2v) is 11.8. The van der Waals surface area contributed by atoms with E-state index in [1.54, 1.807) is 0 Å². The van der Waals surface area contributed by atoms with Crippen LogP contribution in [0.15, 0.2) is 109 Å². The summed E-state index contributed by atoms with van der Waals surface area (Å²) in [6, 6.07) is 35.9. The Morgan fingerprint density at radius 2 is 1.53 bits per heavy atom. The number of carbonyl (C=O) groups is 1. The molecule has 0 atom stereocenters. The van der Waals surface area contributed by atoms with E-state index in [2.05, 4.69) is 102 Å². The Hall–Kier alpha value is -4.46. The van der Waals surface area contributed by atoms with Gasteiger partial charge in [0.15, 0.2) is 11.5 Å². The van der Waals surface area contributed by atoms with E-state index in [1.165, 1.54) is 33.6 Å². The number of nitrogens with zero attached hydrogens (tertiary/aromatic N) is 2. The summed E-state index contributed by atoms with van der Waals surface area (Å²) in [6.45, 7) is 5.09. The summed E-state index contributed by atoms with van der Waals surface area (Å²) < 4.78 is 10.8. The van der Waals surface area contributed by atoms with Crippen molar-refractivity contribution in [2.24, 2.45) is 0 Å². The summed E-state index contributed by atoms with van der Waals surface area (Å²) in [7, 11) is 0. The smallest absolute Gasteiger partial charge is 0.271 e. The molecule has 43 heavy (non-hydrogen) atoms. The number of aryl methyl sites for hydroxylation is 1. The number of carbonyl (C=O) groups excluding carboxylic acids is 1. The molecule has 6 nitrogen and oxygen atoms in total. The number of thiazole rings is 1. The number of nitrogens with one attached hydrogen (secondary N) is 1. The highest BCUT2D eigenvalue weighted by Crippen LogP contribution is 2.32. The molecule has 0 fully saturated rings. The third-order valence-corrected chi connectivity index (χ3v) is 8.53. The van der Waals surface area contributed by atoms with Crippen LogP contribution in [-0.2, 0) is 19.6 Å². The normalized spacial score (nSPS) is 12.2. The fourth-order valence-corrected chi connectivity index (χ4v) is 6.19. The predicted octanol–water partition coefficient (Wildman–Crippen LogP) is 7.33. The maximum Gasteiger partial charge on any atom is 0.271 e. The number of aromatic nitrogens is 1. The van der Waals surface area contributed by atoms with Crippen molar-refractivity contribution in [2.75, 3.05) is 13.3 Å². The Morgan fingerprint density at radius 1 is 0.860 bits per heavy atom. The maximum atomic E-state index is 13.0. The molecule has 1 amide bonds. The minimum atomic E-state index is -0.182. The van der Waals surface area contributed by atoms with Gasteiger partial charge in [0.25, 0.3) is 5.91 Å². The SMILES string of the molecule is Cc1ccc(CN(CCC(c2ccccc2)c2ccccc2)Cc2nc(C(=O)NCc3ccc4c(c3)OCO4)cs2)cc1. The zero-order valence-electron chi connectivity index (χ0n) is 24.2. The van der Waals surface area contributed by atoms with Crippen molar-refractivity contribution < 1.29 is 14.3 Å². The number of benzene rings is 4. The van der Waals surface area contributed by atoms with E-state index in [4.69, 9.17) is 14.5 Å². The van der Waals surface area contributed by atoms with Crippen LogP contribution in [0.3, 0.4) is 0 Å². The molecule has 1 aliphatic rings. The van der Waals surface area contributed by atoms with Gasteiger partial charge in [0.05, 0.1) is 6.54 Å². The van der Waals surface area contributed by atoms with Crippen LogP contribution in [0.4, 0.5) is 0 Å². The van der Waals surface area contributed by atoms with Crippen LogP contribution < -0.4 is 14.8 Å². The van der Waals surface area contributed by atoms with Gasteiger partial charge in [-0.05, 0) is 54.3 Å². The van der Waals surface area contributed by atoms with Crippen molar-refractivity contribution in [3.05, 3.63) is 147 Å². The van der Waals surface area contributed by atoms with Gasteiger partial charge in [-0.2, -0.15) is 0 Å². The molecule has 218 valence electrons. The molecule has 2 heterocycles. The molecule has 1 N–H and O–H groups in total. The lowest BCUT2D eigenvalue weighted by Crippen LogP contribution is -2.26. The third kappa shape index (κ3) is 7.49. The Labute approximate surface area is 256 Å². The lowest BCUT2D eigenvalue weighted by atomic mass is 9.88. The lowest BCUT2D eigenvalue weighted by molar-refractivity contribution is 0.0946. The van der Waals surface area contributed by atoms with Crippen molar-refractivity contribution in [1.82, 2.24) is 15.2 Å². The number of ether oxygens (including phenoxy) is 2. The van der Waals surface area contributed by atoms with E-state index in [9.17, 15) is 4.79 Å². The minimum absolute atomic E-state index is 0.182. The quantitative estimate of drug-likeness (QED) is 0.165. The number of rotatable bonds is 12. The standard InChI is InChI=1S/C36H35N3O3S/c1-26-12-14-27(15-13-26)22-39(19-18-31(29-8-4-2-5-9-29)30-10-6-3-7-11-30)23-35-38-32(24-43-35)36(40)37-21-28-16-17-33-34(20-28)42-25-41-33/h2-17,20,24,31H,18-19,21-23,25H2,1H3,(H,37,40). The fourth-order valence-electron chi connectivity index (χ4n) is 5.38. The molecule has 0 radical (unpaired) electrons. The average molecular weight is 590 g/mol. The predicted molar refractivity (Wildman–Crippen MR) is 170 cm³/mol. The molecule has 0 saturated heterocycles. The summed E-state index contributed by atoms with van der Waals surface area (Å²) >= 11 is 1.53. The largest absolute Gasteiger partial charge is 0.454 e. The van der Waals surface area contributed by atoms with Crippen LogP contribution in [0.5, 0.6) is 11.5 Å². The molecule has 6 rings (SSSR count). The summed E-state index contributed by atoms with van der Waals surface area (Å²) in [5.41, 5.74) is 6.55. The van der Waals surface area contributed by atoms with Gasteiger partial charge in [-0.25, -0.2) is 4.98 Å². The highest BCUT2D eigenvalue weighted by Gasteiger charge is 2.19. The Morgan fingerprint density at radius 3 is 2.26 bits per heavy atom. The first-order valence-corrected chi connectivity index (χ1v) is 15.5. The number of hydrogen-bond donors (Lipinski definition) is 1. The molecule has 0 aliphatic carbocycles. The Balaban J connectivity index is 1.14. The van der Waals surface area contributed by atoms with Gasteiger partial charge in [-0.1, -0.05) is 96.6 Å². The average Bonchev–Trinajstić information content (AvgIpc) is 3.72. The molecule has 0 unspecified atom stereocenters. The van der Waals surface area contributed by atoms with Crippen molar-refractivity contribution in [2.45, 2.75) is 38.9 Å². The summed E-state index contributed by atoms with van der Waals surface area (Å²) in [4.78, 5) is 20.1. The van der Waals surface area contributed by atoms with Crippen LogP contribution in [0.25, 0.3) is 0 Å². The number of hydrogen-bond acceptors (Lipinski definition) is 6. The van der Waals surface area contributed by atoms with Crippen molar-refractivity contribution >= 4 is 17.2 Å². The lowest BCUT2D eigenvalue weighted by Gasteiger charge is -2.25. The van der Waals surface area contributed by atoms with Crippen LogP contribution in [-0.4, -0.2) is 29.1 Å². The molecule has 4 aromatic carbocycles. The molecule has 7 heteroatoms. The first kappa shape index (κ1) is 28.6. The van der Waals surface area contributed by atoms with Crippen molar-refractivity contribution in [1.29, 1.82) is 0 Å². The van der Waals surface area contributed by atoms with E-state index in [0.29, 0.717) is 24.5 Å². The van der Waals surface area contributed by atoms with E-state index < -0.39 is 0 Å². The third-order valence-electron chi connectivity index (χ3n) is 7.70. The highest BCUT2D eigenvalue weighted by molar-refractivity contribution is 7.09. The molecule has 5 aromatic rings. The molecule has 1 aliphatic heterocycles. The van der Waals surface area contributed by atoms with E-state index in [1.807, 2.05) is 23.6 Å².